The van der Waals surface area contributed by atoms with Gasteiger partial charge in [-0.2, -0.15) is 0 Å². The molecule has 0 spiro atoms. The number of ether oxygens (including phenoxy) is 5. The SMILES string of the molecule is COc1ccc(CCC(=O)c2cc(OC)c(OC)c(OC)c2)cc1OCC(O)CNC(C)C.Cl. The van der Waals surface area contributed by atoms with E-state index < -0.39 is 6.10 Å². The minimum atomic E-state index is -0.651. The minimum absolute atomic E-state index is 0. The van der Waals surface area contributed by atoms with E-state index in [0.29, 0.717) is 47.3 Å². The molecule has 0 amide bonds. The third-order valence-corrected chi connectivity index (χ3v) is 5.05. The molecule has 34 heavy (non-hydrogen) atoms. The number of carbonyl (C=O) groups excluding carboxylic acids is 1. The largest absolute Gasteiger partial charge is 0.493 e. The van der Waals surface area contributed by atoms with Crippen LogP contribution in [0.15, 0.2) is 30.3 Å². The summed E-state index contributed by atoms with van der Waals surface area (Å²) in [7, 11) is 6.11. The van der Waals surface area contributed by atoms with Gasteiger partial charge in [0.25, 0.3) is 0 Å². The molecule has 0 aliphatic rings. The van der Waals surface area contributed by atoms with Gasteiger partial charge in [-0.05, 0) is 36.2 Å². The normalized spacial score (nSPS) is 11.4. The van der Waals surface area contributed by atoms with Crippen LogP contribution in [0.5, 0.6) is 28.7 Å². The highest BCUT2D eigenvalue weighted by atomic mass is 35.5. The van der Waals surface area contributed by atoms with Crippen LogP contribution in [0.2, 0.25) is 0 Å². The van der Waals surface area contributed by atoms with Gasteiger partial charge in [0.15, 0.2) is 28.8 Å². The van der Waals surface area contributed by atoms with E-state index in [2.05, 4.69) is 5.32 Å². The Kier molecular flexibility index (Phi) is 12.6. The second kappa shape index (κ2) is 14.6. The van der Waals surface area contributed by atoms with Crippen molar-refractivity contribution >= 4 is 18.2 Å². The summed E-state index contributed by atoms with van der Waals surface area (Å²) >= 11 is 0. The molecule has 2 N–H and O–H groups in total. The van der Waals surface area contributed by atoms with Crippen molar-refractivity contribution in [1.82, 2.24) is 5.32 Å². The maximum atomic E-state index is 12.9. The Balaban J connectivity index is 0.00000578. The number of hydrogen-bond acceptors (Lipinski definition) is 8. The molecule has 190 valence electrons. The van der Waals surface area contributed by atoms with Crippen molar-refractivity contribution in [2.24, 2.45) is 0 Å². The first kappa shape index (κ1) is 29.4. The van der Waals surface area contributed by atoms with Crippen LogP contribution < -0.4 is 29.0 Å². The molecule has 0 aliphatic heterocycles. The van der Waals surface area contributed by atoms with Gasteiger partial charge >= 0.3 is 0 Å². The van der Waals surface area contributed by atoms with Gasteiger partial charge in [-0.15, -0.1) is 12.4 Å². The van der Waals surface area contributed by atoms with Crippen LogP contribution in [0.4, 0.5) is 0 Å². The molecule has 0 saturated heterocycles. The molecule has 0 saturated carbocycles. The van der Waals surface area contributed by atoms with Gasteiger partial charge in [-0.3, -0.25) is 4.79 Å². The van der Waals surface area contributed by atoms with Crippen molar-refractivity contribution in [3.63, 3.8) is 0 Å². The van der Waals surface area contributed by atoms with Crippen LogP contribution in [-0.4, -0.2) is 64.6 Å². The van der Waals surface area contributed by atoms with Crippen molar-refractivity contribution in [3.8, 4) is 28.7 Å². The van der Waals surface area contributed by atoms with Gasteiger partial charge in [0, 0.05) is 24.6 Å². The lowest BCUT2D eigenvalue weighted by atomic mass is 10.0. The fraction of sp³-hybridized carbons (Fsp3) is 0.480. The van der Waals surface area contributed by atoms with Crippen molar-refractivity contribution in [2.75, 3.05) is 41.6 Å². The molecule has 0 aromatic heterocycles. The molecule has 0 radical (unpaired) electrons. The summed E-state index contributed by atoms with van der Waals surface area (Å²) in [6.45, 7) is 4.59. The Bertz CT molecular complexity index is 895. The number of aliphatic hydroxyl groups is 1. The number of ketones is 1. The predicted octanol–water partition coefficient (Wildman–Crippen LogP) is 3.70. The summed E-state index contributed by atoms with van der Waals surface area (Å²) in [5.41, 5.74) is 1.40. The number of benzene rings is 2. The average molecular weight is 498 g/mol. The van der Waals surface area contributed by atoms with E-state index in [4.69, 9.17) is 23.7 Å². The van der Waals surface area contributed by atoms with Crippen molar-refractivity contribution in [3.05, 3.63) is 41.5 Å². The maximum absolute atomic E-state index is 12.9. The molecule has 0 heterocycles. The summed E-state index contributed by atoms with van der Waals surface area (Å²) in [6, 6.07) is 9.11. The highest BCUT2D eigenvalue weighted by Crippen LogP contribution is 2.38. The molecule has 9 heteroatoms. The second-order valence-electron chi connectivity index (χ2n) is 7.85. The summed E-state index contributed by atoms with van der Waals surface area (Å²) in [6.07, 6.45) is 0.140. The van der Waals surface area contributed by atoms with Crippen LogP contribution in [-0.2, 0) is 6.42 Å². The smallest absolute Gasteiger partial charge is 0.203 e. The maximum Gasteiger partial charge on any atom is 0.203 e. The average Bonchev–Trinajstić information content (AvgIpc) is 2.83. The lowest BCUT2D eigenvalue weighted by Crippen LogP contribution is -2.35. The Morgan fingerprint density at radius 3 is 2.06 bits per heavy atom. The van der Waals surface area contributed by atoms with Gasteiger partial charge in [0.2, 0.25) is 5.75 Å². The monoisotopic (exact) mass is 497 g/mol. The Morgan fingerprint density at radius 1 is 0.912 bits per heavy atom. The summed E-state index contributed by atoms with van der Waals surface area (Å²) in [5, 5.41) is 13.3. The highest BCUT2D eigenvalue weighted by molar-refractivity contribution is 5.97. The van der Waals surface area contributed by atoms with E-state index in [-0.39, 0.29) is 37.3 Å². The molecule has 2 aromatic rings. The molecule has 1 unspecified atom stereocenters. The molecule has 2 aromatic carbocycles. The Hall–Kier alpha value is -2.68. The number of nitrogens with one attached hydrogen (secondary N) is 1. The van der Waals surface area contributed by atoms with Gasteiger partial charge in [0.05, 0.1) is 28.4 Å². The minimum Gasteiger partial charge on any atom is -0.493 e. The third-order valence-electron chi connectivity index (χ3n) is 5.05. The van der Waals surface area contributed by atoms with E-state index in [0.717, 1.165) is 5.56 Å². The van der Waals surface area contributed by atoms with Crippen LogP contribution in [0.25, 0.3) is 0 Å². The van der Waals surface area contributed by atoms with E-state index in [9.17, 15) is 9.90 Å². The zero-order chi connectivity index (χ0) is 24.4. The van der Waals surface area contributed by atoms with Crippen LogP contribution in [0.1, 0.15) is 36.2 Å². The van der Waals surface area contributed by atoms with E-state index in [1.54, 1.807) is 25.3 Å². The molecule has 0 fully saturated rings. The zero-order valence-corrected chi connectivity index (χ0v) is 21.5. The summed E-state index contributed by atoms with van der Waals surface area (Å²) in [4.78, 5) is 12.9. The second-order valence-corrected chi connectivity index (χ2v) is 7.85. The lowest BCUT2D eigenvalue weighted by molar-refractivity contribution is 0.0982. The van der Waals surface area contributed by atoms with Crippen molar-refractivity contribution in [2.45, 2.75) is 38.8 Å². The number of Topliss-reactive ketones (excluding diaryl/α,β-unsaturated/α-hetero) is 1. The van der Waals surface area contributed by atoms with Gasteiger partial charge in [0.1, 0.15) is 12.7 Å². The van der Waals surface area contributed by atoms with E-state index in [1.165, 1.54) is 21.3 Å². The molecule has 0 aliphatic carbocycles. The van der Waals surface area contributed by atoms with Gasteiger partial charge in [-0.1, -0.05) is 19.9 Å². The Labute approximate surface area is 207 Å². The van der Waals surface area contributed by atoms with E-state index >= 15 is 0 Å². The first-order chi connectivity index (χ1) is 15.8. The third kappa shape index (κ3) is 8.27. The van der Waals surface area contributed by atoms with Crippen LogP contribution in [0.3, 0.4) is 0 Å². The molecule has 2 rings (SSSR count). The molecular formula is C25H36ClNO7. The molecule has 1 atom stereocenters. The first-order valence-electron chi connectivity index (χ1n) is 10.9. The van der Waals surface area contributed by atoms with Gasteiger partial charge < -0.3 is 34.1 Å². The van der Waals surface area contributed by atoms with Gasteiger partial charge in [-0.25, -0.2) is 0 Å². The number of methoxy groups -OCH3 is 4. The fourth-order valence-electron chi connectivity index (χ4n) is 3.25. The number of halogens is 1. The number of aliphatic hydroxyl groups excluding tert-OH is 1. The topological polar surface area (TPSA) is 95.5 Å². The number of hydrogen-bond donors (Lipinski definition) is 2. The zero-order valence-electron chi connectivity index (χ0n) is 20.7. The standard InChI is InChI=1S/C25H35NO7.ClH/c1-16(2)26-14-19(27)15-33-22-11-17(8-10-21(22)29-3)7-9-20(28)18-12-23(30-4)25(32-6)24(13-18)31-5;/h8,10-13,16,19,26-27H,7,9,14-15H2,1-6H3;1H. The predicted molar refractivity (Wildman–Crippen MR) is 134 cm³/mol. The van der Waals surface area contributed by atoms with Crippen molar-refractivity contribution in [1.29, 1.82) is 0 Å². The fourth-order valence-corrected chi connectivity index (χ4v) is 3.25. The number of carbonyl (C=O) groups is 1. The Morgan fingerprint density at radius 2 is 1.53 bits per heavy atom. The number of aryl methyl sites for hydroxylation is 1. The highest BCUT2D eigenvalue weighted by Gasteiger charge is 2.17. The lowest BCUT2D eigenvalue weighted by Gasteiger charge is -2.17. The number of rotatable bonds is 14. The summed E-state index contributed by atoms with van der Waals surface area (Å²) < 4.78 is 27.2. The summed E-state index contributed by atoms with van der Waals surface area (Å²) in [5.74, 6) is 2.36. The van der Waals surface area contributed by atoms with Crippen molar-refractivity contribution < 1.29 is 33.6 Å². The van der Waals surface area contributed by atoms with E-state index in [1.807, 2.05) is 26.0 Å². The quantitative estimate of drug-likeness (QED) is 0.381. The molecular weight excluding hydrogens is 462 g/mol. The van der Waals surface area contributed by atoms with Crippen LogP contribution >= 0.6 is 12.4 Å². The molecule has 0 bridgehead atoms. The van der Waals surface area contributed by atoms with Crippen LogP contribution in [0, 0.1) is 0 Å². The first-order valence-corrected chi connectivity index (χ1v) is 10.9. The molecule has 8 nitrogen and oxygen atoms in total.